The maximum Gasteiger partial charge on any atom is 0.258 e. The quantitative estimate of drug-likeness (QED) is 0.820. The van der Waals surface area contributed by atoms with Crippen molar-refractivity contribution in [3.63, 3.8) is 0 Å². The molecule has 0 bridgehead atoms. The van der Waals surface area contributed by atoms with Crippen molar-refractivity contribution >= 4 is 16.8 Å². The second-order valence-electron chi connectivity index (χ2n) is 5.74. The number of fused-ring (bicyclic) bond motifs is 1. The lowest BCUT2D eigenvalue weighted by molar-refractivity contribution is 0.0525. The van der Waals surface area contributed by atoms with Crippen LogP contribution in [0.2, 0.25) is 0 Å². The third-order valence-electron chi connectivity index (χ3n) is 3.87. The van der Waals surface area contributed by atoms with Gasteiger partial charge in [-0.3, -0.25) is 9.59 Å². The molecule has 1 saturated heterocycles. The number of amides is 1. The highest BCUT2D eigenvalue weighted by Gasteiger charge is 2.10. The molecule has 1 aromatic heterocycles. The number of carbonyl (C=O) groups excluding carboxylic acids is 1. The van der Waals surface area contributed by atoms with Gasteiger partial charge in [0.15, 0.2) is 0 Å². The molecule has 0 saturated carbocycles. The van der Waals surface area contributed by atoms with Crippen molar-refractivity contribution in [1.82, 2.24) is 15.3 Å². The van der Waals surface area contributed by atoms with Crippen LogP contribution in [-0.4, -0.2) is 35.1 Å². The molecule has 124 valence electrons. The van der Waals surface area contributed by atoms with E-state index in [2.05, 4.69) is 27.1 Å². The molecule has 0 radical (unpaired) electrons. The first-order chi connectivity index (χ1) is 11.6. The summed E-state index contributed by atoms with van der Waals surface area (Å²) in [5.74, 6) is 6.24. The number of aromatic nitrogens is 2. The van der Waals surface area contributed by atoms with Gasteiger partial charge in [-0.15, -0.1) is 0 Å². The SMILES string of the molecule is Cc1nc2cc(C(=O)NCC#C[C@@H]3CCCCO3)ccc2c(=O)[nH]1. The van der Waals surface area contributed by atoms with Crippen LogP contribution in [0.4, 0.5) is 0 Å². The van der Waals surface area contributed by atoms with Gasteiger partial charge in [0.25, 0.3) is 11.5 Å². The fourth-order valence-electron chi connectivity index (χ4n) is 2.64. The number of hydrogen-bond donors (Lipinski definition) is 2. The Morgan fingerprint density at radius 2 is 2.33 bits per heavy atom. The van der Waals surface area contributed by atoms with Crippen molar-refractivity contribution < 1.29 is 9.53 Å². The highest BCUT2D eigenvalue weighted by atomic mass is 16.5. The van der Waals surface area contributed by atoms with Crippen molar-refractivity contribution in [3.05, 3.63) is 39.9 Å². The molecule has 3 rings (SSSR count). The third-order valence-corrected chi connectivity index (χ3v) is 3.87. The molecule has 1 amide bonds. The maximum absolute atomic E-state index is 12.2. The lowest BCUT2D eigenvalue weighted by atomic mass is 10.1. The van der Waals surface area contributed by atoms with Crippen molar-refractivity contribution in [2.24, 2.45) is 0 Å². The average Bonchev–Trinajstić information content (AvgIpc) is 2.58. The summed E-state index contributed by atoms with van der Waals surface area (Å²) in [5, 5.41) is 3.21. The van der Waals surface area contributed by atoms with E-state index in [0.29, 0.717) is 22.3 Å². The summed E-state index contributed by atoms with van der Waals surface area (Å²) in [7, 11) is 0. The lowest BCUT2D eigenvalue weighted by Crippen LogP contribution is -2.24. The number of H-pyrrole nitrogens is 1. The van der Waals surface area contributed by atoms with E-state index in [1.54, 1.807) is 25.1 Å². The van der Waals surface area contributed by atoms with E-state index >= 15 is 0 Å². The Kier molecular flexibility index (Phi) is 4.92. The number of aromatic amines is 1. The van der Waals surface area contributed by atoms with Crippen LogP contribution in [0.3, 0.4) is 0 Å². The number of nitrogens with zero attached hydrogens (tertiary/aromatic N) is 1. The Morgan fingerprint density at radius 3 is 3.12 bits per heavy atom. The normalized spacial score (nSPS) is 17.1. The number of carbonyl (C=O) groups is 1. The Labute approximate surface area is 139 Å². The van der Waals surface area contributed by atoms with Crippen molar-refractivity contribution in [2.75, 3.05) is 13.2 Å². The fraction of sp³-hybridized carbons (Fsp3) is 0.389. The topological polar surface area (TPSA) is 84.1 Å². The number of benzene rings is 1. The van der Waals surface area contributed by atoms with Gasteiger partial charge < -0.3 is 15.0 Å². The van der Waals surface area contributed by atoms with E-state index in [0.717, 1.165) is 25.9 Å². The minimum atomic E-state index is -0.240. The predicted octanol–water partition coefficient (Wildman–Crippen LogP) is 1.53. The molecule has 0 aliphatic carbocycles. The highest BCUT2D eigenvalue weighted by molar-refractivity contribution is 5.97. The van der Waals surface area contributed by atoms with Crippen LogP contribution in [0.15, 0.2) is 23.0 Å². The smallest absolute Gasteiger partial charge is 0.258 e. The summed E-state index contributed by atoms with van der Waals surface area (Å²) in [6.07, 6.45) is 3.16. The van der Waals surface area contributed by atoms with E-state index in [-0.39, 0.29) is 24.1 Å². The van der Waals surface area contributed by atoms with Crippen LogP contribution in [0.25, 0.3) is 10.9 Å². The number of ether oxygens (including phenoxy) is 1. The minimum absolute atomic E-state index is 0.0183. The standard InChI is InChI=1S/C18H19N3O3/c1-12-20-16-11-13(7-8-15(16)18(23)21-12)17(22)19-9-4-6-14-5-2-3-10-24-14/h7-8,11,14H,2-3,5,9-10H2,1H3,(H,19,22)(H,20,21,23)/t14-/m0/s1. The number of hydrogen-bond acceptors (Lipinski definition) is 4. The van der Waals surface area contributed by atoms with Crippen molar-refractivity contribution in [2.45, 2.75) is 32.3 Å². The molecule has 6 heteroatoms. The van der Waals surface area contributed by atoms with Crippen molar-refractivity contribution in [1.29, 1.82) is 0 Å². The lowest BCUT2D eigenvalue weighted by Gasteiger charge is -2.17. The summed E-state index contributed by atoms with van der Waals surface area (Å²) in [6, 6.07) is 4.84. The number of aryl methyl sites for hydroxylation is 1. The van der Waals surface area contributed by atoms with Gasteiger partial charge in [-0.25, -0.2) is 4.98 Å². The molecule has 1 aliphatic rings. The second kappa shape index (κ2) is 7.28. The summed E-state index contributed by atoms with van der Waals surface area (Å²) < 4.78 is 5.51. The number of rotatable bonds is 2. The van der Waals surface area contributed by atoms with Gasteiger partial charge in [-0.1, -0.05) is 11.8 Å². The molecule has 2 N–H and O–H groups in total. The molecule has 1 fully saturated rings. The fourth-order valence-corrected chi connectivity index (χ4v) is 2.64. The summed E-state index contributed by atoms with van der Waals surface area (Å²) in [4.78, 5) is 30.9. The van der Waals surface area contributed by atoms with E-state index in [1.165, 1.54) is 0 Å². The van der Waals surface area contributed by atoms with E-state index in [1.807, 2.05) is 0 Å². The van der Waals surface area contributed by atoms with Gasteiger partial charge in [0, 0.05) is 12.2 Å². The monoisotopic (exact) mass is 325 g/mol. The molecule has 24 heavy (non-hydrogen) atoms. The molecule has 0 spiro atoms. The zero-order valence-electron chi connectivity index (χ0n) is 13.5. The maximum atomic E-state index is 12.2. The molecular weight excluding hydrogens is 306 g/mol. The van der Waals surface area contributed by atoms with E-state index < -0.39 is 0 Å². The Bertz CT molecular complexity index is 870. The first-order valence-corrected chi connectivity index (χ1v) is 8.02. The summed E-state index contributed by atoms with van der Waals surface area (Å²) >= 11 is 0. The van der Waals surface area contributed by atoms with Crippen LogP contribution >= 0.6 is 0 Å². The van der Waals surface area contributed by atoms with E-state index in [4.69, 9.17) is 4.74 Å². The van der Waals surface area contributed by atoms with Gasteiger partial charge in [0.2, 0.25) is 0 Å². The molecule has 2 aromatic rings. The molecule has 1 aliphatic heterocycles. The van der Waals surface area contributed by atoms with E-state index in [9.17, 15) is 9.59 Å². The highest BCUT2D eigenvalue weighted by Crippen LogP contribution is 2.11. The zero-order valence-corrected chi connectivity index (χ0v) is 13.5. The average molecular weight is 325 g/mol. The molecule has 1 aromatic carbocycles. The van der Waals surface area contributed by atoms with Crippen LogP contribution < -0.4 is 10.9 Å². The first kappa shape index (κ1) is 16.2. The molecular formula is C18H19N3O3. The largest absolute Gasteiger partial charge is 0.366 e. The number of nitrogens with one attached hydrogen (secondary N) is 2. The molecule has 6 nitrogen and oxygen atoms in total. The minimum Gasteiger partial charge on any atom is -0.366 e. The van der Waals surface area contributed by atoms with Gasteiger partial charge in [0.1, 0.15) is 11.9 Å². The first-order valence-electron chi connectivity index (χ1n) is 8.02. The van der Waals surface area contributed by atoms with Crippen LogP contribution in [-0.2, 0) is 4.74 Å². The predicted molar refractivity (Wildman–Crippen MR) is 90.8 cm³/mol. The third kappa shape index (κ3) is 3.81. The van der Waals surface area contributed by atoms with Crippen LogP contribution in [0.1, 0.15) is 35.4 Å². The Morgan fingerprint density at radius 1 is 1.46 bits per heavy atom. The Hall–Kier alpha value is -2.65. The molecule has 0 unspecified atom stereocenters. The summed E-state index contributed by atoms with van der Waals surface area (Å²) in [6.45, 7) is 2.73. The van der Waals surface area contributed by atoms with Gasteiger partial charge in [-0.2, -0.15) is 0 Å². The van der Waals surface area contributed by atoms with Gasteiger partial charge >= 0.3 is 0 Å². The van der Waals surface area contributed by atoms with Gasteiger partial charge in [-0.05, 0) is 44.4 Å². The zero-order chi connectivity index (χ0) is 16.9. The van der Waals surface area contributed by atoms with Gasteiger partial charge in [0.05, 0.1) is 17.4 Å². The van der Waals surface area contributed by atoms with Crippen molar-refractivity contribution in [3.8, 4) is 11.8 Å². The van der Waals surface area contributed by atoms with Crippen LogP contribution in [0, 0.1) is 18.8 Å². The van der Waals surface area contributed by atoms with Crippen LogP contribution in [0.5, 0.6) is 0 Å². The molecule has 1 atom stereocenters. The Balaban J connectivity index is 1.65. The second-order valence-corrected chi connectivity index (χ2v) is 5.74. The molecule has 2 heterocycles. The summed E-state index contributed by atoms with van der Waals surface area (Å²) in [5.41, 5.74) is 0.754.